The van der Waals surface area contributed by atoms with Gasteiger partial charge in [-0.2, -0.15) is 0 Å². The first-order valence-corrected chi connectivity index (χ1v) is 9.08. The van der Waals surface area contributed by atoms with Crippen molar-refractivity contribution in [3.63, 3.8) is 0 Å². The van der Waals surface area contributed by atoms with Crippen molar-refractivity contribution in [3.05, 3.63) is 47.4 Å². The van der Waals surface area contributed by atoms with E-state index < -0.39 is 0 Å². The molecule has 1 amide bonds. The van der Waals surface area contributed by atoms with Crippen molar-refractivity contribution in [2.45, 2.75) is 44.7 Å². The van der Waals surface area contributed by atoms with E-state index in [4.69, 9.17) is 9.47 Å². The van der Waals surface area contributed by atoms with Crippen LogP contribution in [0.4, 0.5) is 0 Å². The molecule has 25 heavy (non-hydrogen) atoms. The summed E-state index contributed by atoms with van der Waals surface area (Å²) in [5, 5.41) is 10.3. The van der Waals surface area contributed by atoms with Gasteiger partial charge in [0, 0.05) is 17.5 Å². The molecular formula is C20H25NO4. The maximum Gasteiger partial charge on any atom is 0.293 e. The molecule has 3 aliphatic heterocycles. The monoisotopic (exact) mass is 343 g/mol. The Kier molecular flexibility index (Phi) is 4.20. The molecule has 0 aliphatic carbocycles. The van der Waals surface area contributed by atoms with Crippen LogP contribution in [-0.4, -0.2) is 47.8 Å². The van der Waals surface area contributed by atoms with Crippen molar-refractivity contribution in [1.29, 1.82) is 0 Å². The first-order chi connectivity index (χ1) is 12.1. The first kappa shape index (κ1) is 16.5. The Labute approximate surface area is 148 Å². The fourth-order valence-corrected chi connectivity index (χ4v) is 4.85. The number of amides is 1. The third-order valence-corrected chi connectivity index (χ3v) is 5.96. The highest BCUT2D eigenvalue weighted by Gasteiger charge is 2.57. The molecule has 0 radical (unpaired) electrons. The van der Waals surface area contributed by atoms with Crippen LogP contribution in [0.5, 0.6) is 0 Å². The van der Waals surface area contributed by atoms with Crippen LogP contribution in [-0.2, 0) is 20.7 Å². The normalized spacial score (nSPS) is 31.0. The van der Waals surface area contributed by atoms with Gasteiger partial charge < -0.3 is 19.5 Å². The van der Waals surface area contributed by atoms with Gasteiger partial charge in [-0.1, -0.05) is 30.3 Å². The van der Waals surface area contributed by atoms with E-state index >= 15 is 0 Å². The van der Waals surface area contributed by atoms with Crippen molar-refractivity contribution in [2.24, 2.45) is 5.41 Å². The summed E-state index contributed by atoms with van der Waals surface area (Å²) in [7, 11) is 0. The maximum absolute atomic E-state index is 13.1. The van der Waals surface area contributed by atoms with Crippen LogP contribution >= 0.6 is 0 Å². The molecule has 134 valence electrons. The predicted molar refractivity (Wildman–Crippen MR) is 92.5 cm³/mol. The molecule has 1 aromatic rings. The summed E-state index contributed by atoms with van der Waals surface area (Å²) in [4.78, 5) is 15.1. The third kappa shape index (κ3) is 2.71. The van der Waals surface area contributed by atoms with Crippen molar-refractivity contribution < 1.29 is 19.4 Å². The Hall–Kier alpha value is -2.01. The van der Waals surface area contributed by atoms with E-state index in [0.717, 1.165) is 25.7 Å². The topological polar surface area (TPSA) is 59.0 Å². The lowest BCUT2D eigenvalue weighted by Gasteiger charge is -2.36. The van der Waals surface area contributed by atoms with Crippen molar-refractivity contribution in [3.8, 4) is 0 Å². The number of hydrogen-bond donors (Lipinski definition) is 1. The number of nitrogens with zero attached hydrogens (tertiary/aromatic N) is 1. The minimum atomic E-state index is -0.260. The molecule has 0 aromatic heterocycles. The number of carbonyl (C=O) groups is 1. The van der Waals surface area contributed by atoms with Crippen molar-refractivity contribution >= 4 is 5.91 Å². The minimum absolute atomic E-state index is 0.0565. The molecule has 5 nitrogen and oxygen atoms in total. The van der Waals surface area contributed by atoms with Gasteiger partial charge in [0.15, 0.2) is 0 Å². The van der Waals surface area contributed by atoms with E-state index in [-0.39, 0.29) is 30.0 Å². The average Bonchev–Trinajstić information content (AvgIpc) is 3.18. The molecule has 3 aliphatic rings. The molecule has 3 heterocycles. The molecule has 1 aromatic carbocycles. The molecule has 4 rings (SSSR count). The number of aliphatic hydroxyl groups is 1. The maximum atomic E-state index is 13.1. The number of benzene rings is 1. The van der Waals surface area contributed by atoms with Gasteiger partial charge in [0.25, 0.3) is 5.91 Å². The summed E-state index contributed by atoms with van der Waals surface area (Å²) in [6.45, 7) is 2.79. The van der Waals surface area contributed by atoms with Crippen LogP contribution in [0.2, 0.25) is 0 Å². The van der Waals surface area contributed by atoms with E-state index in [9.17, 15) is 9.90 Å². The summed E-state index contributed by atoms with van der Waals surface area (Å²) in [6.07, 6.45) is 3.59. The van der Waals surface area contributed by atoms with Crippen LogP contribution in [0.25, 0.3) is 0 Å². The number of hydrogen-bond acceptors (Lipinski definition) is 4. The van der Waals surface area contributed by atoms with Crippen molar-refractivity contribution in [2.75, 3.05) is 19.8 Å². The number of allylic oxidation sites excluding steroid dienone is 1. The molecule has 2 bridgehead atoms. The van der Waals surface area contributed by atoms with Gasteiger partial charge >= 0.3 is 0 Å². The average molecular weight is 343 g/mol. The number of ether oxygens (including phenoxy) is 2. The predicted octanol–water partition coefficient (Wildman–Crippen LogP) is 2.25. The Balaban J connectivity index is 1.61. The highest BCUT2D eigenvalue weighted by Crippen LogP contribution is 2.51. The van der Waals surface area contributed by atoms with E-state index in [1.165, 1.54) is 5.56 Å². The molecule has 5 heteroatoms. The molecule has 3 atom stereocenters. The fourth-order valence-electron chi connectivity index (χ4n) is 4.85. The van der Waals surface area contributed by atoms with Crippen LogP contribution in [0.15, 0.2) is 41.9 Å². The highest BCUT2D eigenvalue weighted by atomic mass is 16.6. The Morgan fingerprint density at radius 2 is 2.00 bits per heavy atom. The molecule has 1 N–H and O–H groups in total. The number of aliphatic hydroxyl groups excluding tert-OH is 1. The quantitative estimate of drug-likeness (QED) is 0.911. The zero-order valence-electron chi connectivity index (χ0n) is 14.6. The first-order valence-electron chi connectivity index (χ1n) is 9.08. The second-order valence-corrected chi connectivity index (χ2v) is 7.43. The Bertz CT molecular complexity index is 686. The zero-order valence-corrected chi connectivity index (χ0v) is 14.6. The van der Waals surface area contributed by atoms with Crippen LogP contribution < -0.4 is 0 Å². The van der Waals surface area contributed by atoms with E-state index in [1.807, 2.05) is 23.1 Å². The van der Waals surface area contributed by atoms with Crippen LogP contribution in [0, 0.1) is 5.41 Å². The van der Waals surface area contributed by atoms with Crippen molar-refractivity contribution in [1.82, 2.24) is 4.90 Å². The lowest BCUT2D eigenvalue weighted by atomic mass is 9.70. The summed E-state index contributed by atoms with van der Waals surface area (Å²) >= 11 is 0. The highest BCUT2D eigenvalue weighted by molar-refractivity contribution is 5.93. The van der Waals surface area contributed by atoms with E-state index in [1.54, 1.807) is 6.92 Å². The molecule has 2 fully saturated rings. The second kappa shape index (κ2) is 6.37. The summed E-state index contributed by atoms with van der Waals surface area (Å²) < 4.78 is 11.1. The number of rotatable bonds is 4. The lowest BCUT2D eigenvalue weighted by Crippen LogP contribution is -2.45. The van der Waals surface area contributed by atoms with Gasteiger partial charge in [0.1, 0.15) is 19.0 Å². The second-order valence-electron chi connectivity index (χ2n) is 7.43. The summed E-state index contributed by atoms with van der Waals surface area (Å²) in [6, 6.07) is 10.5. The van der Waals surface area contributed by atoms with Gasteiger partial charge in [0.05, 0.1) is 6.61 Å². The molecule has 0 spiro atoms. The fraction of sp³-hybridized carbons (Fsp3) is 0.550. The molecule has 0 unspecified atom stereocenters. The van der Waals surface area contributed by atoms with Crippen LogP contribution in [0.1, 0.15) is 31.7 Å². The minimum Gasteiger partial charge on any atom is -0.491 e. The summed E-state index contributed by atoms with van der Waals surface area (Å²) in [5.74, 6) is 0.838. The van der Waals surface area contributed by atoms with Crippen LogP contribution in [0.3, 0.4) is 0 Å². The van der Waals surface area contributed by atoms with Gasteiger partial charge in [-0.3, -0.25) is 4.79 Å². The van der Waals surface area contributed by atoms with Gasteiger partial charge in [0.2, 0.25) is 5.76 Å². The van der Waals surface area contributed by atoms with Gasteiger partial charge in [-0.15, -0.1) is 0 Å². The lowest BCUT2D eigenvalue weighted by molar-refractivity contribution is -0.134. The summed E-state index contributed by atoms with van der Waals surface area (Å²) in [5.41, 5.74) is 0.952. The largest absolute Gasteiger partial charge is 0.491 e. The molecular weight excluding hydrogens is 318 g/mol. The van der Waals surface area contributed by atoms with Gasteiger partial charge in [-0.05, 0) is 38.2 Å². The van der Waals surface area contributed by atoms with Gasteiger partial charge in [-0.25, -0.2) is 0 Å². The molecule has 2 saturated heterocycles. The number of carbonyl (C=O) groups excluding carboxylic acids is 1. The Morgan fingerprint density at radius 3 is 2.72 bits per heavy atom. The third-order valence-electron chi connectivity index (χ3n) is 5.96. The smallest absolute Gasteiger partial charge is 0.293 e. The standard InChI is InChI=1S/C20H25NO4/c1-14-18(25-10-9-24-14)19(23)21-16-7-8-17(21)20(12-16,13-22)11-15-5-3-2-4-6-15/h2-6,16-17,22H,7-13H2,1H3/t16-,17+,20-/m1/s1. The SMILES string of the molecule is CC1=C(C(=O)N2[C@@H]3CC[C@H]2[C@](CO)(Cc2ccccc2)C3)OCCO1. The number of fused-ring (bicyclic) bond motifs is 2. The van der Waals surface area contributed by atoms with E-state index in [2.05, 4.69) is 12.1 Å². The molecule has 0 saturated carbocycles. The van der Waals surface area contributed by atoms with E-state index in [0.29, 0.717) is 24.7 Å². The zero-order chi connectivity index (χ0) is 17.4. The Morgan fingerprint density at radius 1 is 1.24 bits per heavy atom.